The molecule has 4 rings (SSSR count). The summed E-state index contributed by atoms with van der Waals surface area (Å²) in [6.07, 6.45) is 7.88. The number of carbonyl (C=O) groups is 1. The second-order valence-corrected chi connectivity index (χ2v) is 6.40. The van der Waals surface area contributed by atoms with Gasteiger partial charge < -0.3 is 19.4 Å². The molecule has 0 bridgehead atoms. The number of benzene rings is 2. The topological polar surface area (TPSA) is 65.4 Å². The molecule has 0 radical (unpaired) electrons. The molecule has 1 amide bonds. The van der Waals surface area contributed by atoms with Crippen LogP contribution >= 0.6 is 0 Å². The lowest BCUT2D eigenvalue weighted by atomic mass is 10.2. The Morgan fingerprint density at radius 2 is 2.00 bits per heavy atom. The van der Waals surface area contributed by atoms with Crippen molar-refractivity contribution >= 4 is 12.0 Å². The Morgan fingerprint density at radius 3 is 2.89 bits per heavy atom. The van der Waals surface area contributed by atoms with E-state index in [2.05, 4.69) is 14.9 Å². The van der Waals surface area contributed by atoms with Crippen LogP contribution < -0.4 is 14.8 Å². The molecule has 2 aromatic carbocycles. The van der Waals surface area contributed by atoms with Gasteiger partial charge in [-0.3, -0.25) is 4.79 Å². The zero-order valence-electron chi connectivity index (χ0n) is 15.4. The quantitative estimate of drug-likeness (QED) is 0.507. The van der Waals surface area contributed by atoms with Crippen molar-refractivity contribution in [3.63, 3.8) is 0 Å². The standard InChI is InChI=1S/C22H21N3O3/c26-21(10-8-17-7-9-19-20(15-17)28-16-27-19)23-11-4-13-25-14-12-24-22(25)18-5-2-1-3-6-18/h1-3,5-10,12,14-15H,4,11,13,16H2,(H,23,26). The number of hydrogen-bond acceptors (Lipinski definition) is 4. The second-order valence-electron chi connectivity index (χ2n) is 6.40. The van der Waals surface area contributed by atoms with Gasteiger partial charge in [0.2, 0.25) is 12.7 Å². The number of aryl methyl sites for hydroxylation is 1. The molecule has 3 aromatic rings. The summed E-state index contributed by atoms with van der Waals surface area (Å²) >= 11 is 0. The Kier molecular flexibility index (Phi) is 5.38. The number of fused-ring (bicyclic) bond motifs is 1. The van der Waals surface area contributed by atoms with Gasteiger partial charge in [0.05, 0.1) is 0 Å². The lowest BCUT2D eigenvalue weighted by Crippen LogP contribution is -2.23. The smallest absolute Gasteiger partial charge is 0.244 e. The Bertz CT molecular complexity index is 980. The van der Waals surface area contributed by atoms with Crippen LogP contribution in [0.25, 0.3) is 17.5 Å². The van der Waals surface area contributed by atoms with E-state index in [1.165, 1.54) is 6.08 Å². The molecule has 1 aliphatic rings. The number of ether oxygens (including phenoxy) is 2. The number of carbonyl (C=O) groups excluding carboxylic acids is 1. The zero-order valence-corrected chi connectivity index (χ0v) is 15.4. The maximum atomic E-state index is 12.0. The fourth-order valence-electron chi connectivity index (χ4n) is 3.05. The summed E-state index contributed by atoms with van der Waals surface area (Å²) in [6.45, 7) is 1.62. The van der Waals surface area contributed by atoms with E-state index in [0.717, 1.165) is 35.7 Å². The van der Waals surface area contributed by atoms with Crippen LogP contribution in [-0.2, 0) is 11.3 Å². The third-order valence-electron chi connectivity index (χ3n) is 4.45. The molecule has 2 heterocycles. The summed E-state index contributed by atoms with van der Waals surface area (Å²) in [5.74, 6) is 2.26. The number of nitrogens with one attached hydrogen (secondary N) is 1. The Labute approximate surface area is 163 Å². The Morgan fingerprint density at radius 1 is 1.14 bits per heavy atom. The van der Waals surface area contributed by atoms with E-state index in [1.807, 2.05) is 54.7 Å². The van der Waals surface area contributed by atoms with Crippen molar-refractivity contribution in [2.45, 2.75) is 13.0 Å². The normalized spacial score (nSPS) is 12.4. The van der Waals surface area contributed by atoms with Gasteiger partial charge in [0.15, 0.2) is 11.5 Å². The van der Waals surface area contributed by atoms with E-state index in [4.69, 9.17) is 9.47 Å². The highest BCUT2D eigenvalue weighted by Crippen LogP contribution is 2.32. The van der Waals surface area contributed by atoms with Crippen LogP contribution in [0.15, 0.2) is 67.0 Å². The van der Waals surface area contributed by atoms with Crippen LogP contribution in [0.3, 0.4) is 0 Å². The third-order valence-corrected chi connectivity index (χ3v) is 4.45. The first-order valence-electron chi connectivity index (χ1n) is 9.22. The molecule has 6 heteroatoms. The van der Waals surface area contributed by atoms with Crippen molar-refractivity contribution in [3.05, 3.63) is 72.6 Å². The van der Waals surface area contributed by atoms with Crippen molar-refractivity contribution in [1.29, 1.82) is 0 Å². The van der Waals surface area contributed by atoms with Gasteiger partial charge in [-0.25, -0.2) is 4.98 Å². The number of amides is 1. The SMILES string of the molecule is O=C(C=Cc1ccc2c(c1)OCO2)NCCCn1ccnc1-c1ccccc1. The first kappa shape index (κ1) is 17.9. The van der Waals surface area contributed by atoms with Gasteiger partial charge in [0, 0.05) is 37.1 Å². The average Bonchev–Trinajstić information content (AvgIpc) is 3.39. The summed E-state index contributed by atoms with van der Waals surface area (Å²) in [6, 6.07) is 15.7. The molecular formula is C22H21N3O3. The monoisotopic (exact) mass is 375 g/mol. The molecule has 142 valence electrons. The van der Waals surface area contributed by atoms with Crippen LogP contribution in [0.5, 0.6) is 11.5 Å². The van der Waals surface area contributed by atoms with Crippen LogP contribution in [0.2, 0.25) is 0 Å². The third kappa shape index (κ3) is 4.23. The van der Waals surface area contributed by atoms with E-state index in [0.29, 0.717) is 12.3 Å². The predicted octanol–water partition coefficient (Wildman–Crippen LogP) is 3.50. The van der Waals surface area contributed by atoms with Gasteiger partial charge in [-0.05, 0) is 30.2 Å². The fourth-order valence-corrected chi connectivity index (χ4v) is 3.05. The predicted molar refractivity (Wildman–Crippen MR) is 107 cm³/mol. The maximum absolute atomic E-state index is 12.0. The molecule has 0 spiro atoms. The summed E-state index contributed by atoms with van der Waals surface area (Å²) in [5, 5.41) is 2.91. The van der Waals surface area contributed by atoms with Gasteiger partial charge in [0.1, 0.15) is 5.82 Å². The summed E-state index contributed by atoms with van der Waals surface area (Å²) in [7, 11) is 0. The second kappa shape index (κ2) is 8.43. The summed E-state index contributed by atoms with van der Waals surface area (Å²) in [4.78, 5) is 16.5. The lowest BCUT2D eigenvalue weighted by Gasteiger charge is -2.08. The maximum Gasteiger partial charge on any atom is 0.244 e. The molecule has 0 unspecified atom stereocenters. The first-order chi connectivity index (χ1) is 13.8. The van der Waals surface area contributed by atoms with Crippen molar-refractivity contribution in [3.8, 4) is 22.9 Å². The van der Waals surface area contributed by atoms with Crippen molar-refractivity contribution in [2.24, 2.45) is 0 Å². The molecular weight excluding hydrogens is 354 g/mol. The van der Waals surface area contributed by atoms with E-state index in [-0.39, 0.29) is 12.7 Å². The van der Waals surface area contributed by atoms with E-state index < -0.39 is 0 Å². The average molecular weight is 375 g/mol. The van der Waals surface area contributed by atoms with Gasteiger partial charge in [0.25, 0.3) is 0 Å². The van der Waals surface area contributed by atoms with Crippen LogP contribution in [0.4, 0.5) is 0 Å². The van der Waals surface area contributed by atoms with Crippen molar-refractivity contribution < 1.29 is 14.3 Å². The van der Waals surface area contributed by atoms with Crippen molar-refractivity contribution in [1.82, 2.24) is 14.9 Å². The van der Waals surface area contributed by atoms with Crippen LogP contribution in [0.1, 0.15) is 12.0 Å². The van der Waals surface area contributed by atoms with Gasteiger partial charge >= 0.3 is 0 Å². The van der Waals surface area contributed by atoms with Crippen LogP contribution in [-0.4, -0.2) is 28.8 Å². The highest BCUT2D eigenvalue weighted by atomic mass is 16.7. The fraction of sp³-hybridized carbons (Fsp3) is 0.182. The van der Waals surface area contributed by atoms with E-state index in [1.54, 1.807) is 12.3 Å². The molecule has 0 saturated heterocycles. The number of hydrogen-bond donors (Lipinski definition) is 1. The highest BCUT2D eigenvalue weighted by Gasteiger charge is 2.12. The summed E-state index contributed by atoms with van der Waals surface area (Å²) in [5.41, 5.74) is 1.98. The van der Waals surface area contributed by atoms with Gasteiger partial charge in [-0.2, -0.15) is 0 Å². The number of nitrogens with zero attached hydrogens (tertiary/aromatic N) is 2. The lowest BCUT2D eigenvalue weighted by molar-refractivity contribution is -0.116. The molecule has 0 aliphatic carbocycles. The number of aromatic nitrogens is 2. The molecule has 0 fully saturated rings. The van der Waals surface area contributed by atoms with Gasteiger partial charge in [-0.15, -0.1) is 0 Å². The summed E-state index contributed by atoms with van der Waals surface area (Å²) < 4.78 is 12.7. The Balaban J connectivity index is 1.25. The van der Waals surface area contributed by atoms with Gasteiger partial charge in [-0.1, -0.05) is 36.4 Å². The largest absolute Gasteiger partial charge is 0.454 e. The minimum absolute atomic E-state index is 0.119. The molecule has 6 nitrogen and oxygen atoms in total. The number of imidazole rings is 1. The molecule has 1 N–H and O–H groups in total. The van der Waals surface area contributed by atoms with Crippen molar-refractivity contribution in [2.75, 3.05) is 13.3 Å². The minimum Gasteiger partial charge on any atom is -0.454 e. The van der Waals surface area contributed by atoms with E-state index >= 15 is 0 Å². The zero-order chi connectivity index (χ0) is 19.2. The number of rotatable bonds is 7. The molecule has 0 saturated carbocycles. The first-order valence-corrected chi connectivity index (χ1v) is 9.22. The van der Waals surface area contributed by atoms with E-state index in [9.17, 15) is 4.79 Å². The molecule has 0 atom stereocenters. The highest BCUT2D eigenvalue weighted by molar-refractivity contribution is 5.91. The minimum atomic E-state index is -0.119. The Hall–Kier alpha value is -3.54. The molecule has 28 heavy (non-hydrogen) atoms. The molecule has 1 aromatic heterocycles. The molecule has 1 aliphatic heterocycles. The van der Waals surface area contributed by atoms with Crippen LogP contribution in [0, 0.1) is 0 Å².